The molecule has 142 valence electrons. The van der Waals surface area contributed by atoms with Crippen LogP contribution in [0.1, 0.15) is 5.56 Å². The van der Waals surface area contributed by atoms with Crippen molar-refractivity contribution in [2.75, 3.05) is 34.4 Å². The number of benzene rings is 2. The van der Waals surface area contributed by atoms with Crippen LogP contribution < -0.4 is 24.8 Å². The van der Waals surface area contributed by atoms with Crippen LogP contribution in [-0.4, -0.2) is 40.4 Å². The van der Waals surface area contributed by atoms with Crippen molar-refractivity contribution < 1.29 is 14.2 Å². The molecule has 2 aromatic carbocycles. The van der Waals surface area contributed by atoms with Crippen molar-refractivity contribution in [2.24, 2.45) is 4.99 Å². The summed E-state index contributed by atoms with van der Waals surface area (Å²) in [6.07, 6.45) is 0. The maximum absolute atomic E-state index is 5.65. The van der Waals surface area contributed by atoms with Crippen LogP contribution in [0.4, 0.5) is 0 Å². The number of methoxy groups -OCH3 is 2. The van der Waals surface area contributed by atoms with Crippen LogP contribution in [0, 0.1) is 0 Å². The van der Waals surface area contributed by atoms with Crippen LogP contribution in [0.2, 0.25) is 0 Å². The summed E-state index contributed by atoms with van der Waals surface area (Å²) in [6.45, 7) is 1.79. The van der Waals surface area contributed by atoms with Gasteiger partial charge in [-0.15, -0.1) is 24.0 Å². The molecular formula is C19H26IN3O3. The van der Waals surface area contributed by atoms with E-state index >= 15 is 0 Å². The van der Waals surface area contributed by atoms with Gasteiger partial charge >= 0.3 is 0 Å². The number of nitrogens with one attached hydrogen (secondary N) is 2. The largest absolute Gasteiger partial charge is 0.497 e. The number of hydrogen-bond donors (Lipinski definition) is 2. The molecule has 26 heavy (non-hydrogen) atoms. The molecule has 2 N–H and O–H groups in total. The number of nitrogens with zero attached hydrogens (tertiary/aromatic N) is 1. The summed E-state index contributed by atoms with van der Waals surface area (Å²) in [6, 6.07) is 15.5. The lowest BCUT2D eigenvalue weighted by molar-refractivity contribution is 0.322. The number of hydrogen-bond acceptors (Lipinski definition) is 4. The van der Waals surface area contributed by atoms with E-state index in [1.54, 1.807) is 21.3 Å². The lowest BCUT2D eigenvalue weighted by atomic mass is 10.2. The van der Waals surface area contributed by atoms with Crippen molar-refractivity contribution in [3.63, 3.8) is 0 Å². The third-order valence-electron chi connectivity index (χ3n) is 3.57. The summed E-state index contributed by atoms with van der Waals surface area (Å²) in [4.78, 5) is 4.21. The Hall–Kier alpha value is -2.16. The number of halogens is 1. The van der Waals surface area contributed by atoms with Gasteiger partial charge in [0.2, 0.25) is 0 Å². The maximum atomic E-state index is 5.65. The maximum Gasteiger partial charge on any atom is 0.191 e. The zero-order valence-corrected chi connectivity index (χ0v) is 17.7. The quantitative estimate of drug-likeness (QED) is 0.268. The second-order valence-electron chi connectivity index (χ2n) is 5.19. The average Bonchev–Trinajstić information content (AvgIpc) is 2.68. The van der Waals surface area contributed by atoms with Gasteiger partial charge in [-0.05, 0) is 24.3 Å². The van der Waals surface area contributed by atoms with Crippen LogP contribution in [0.15, 0.2) is 53.5 Å². The van der Waals surface area contributed by atoms with Crippen molar-refractivity contribution in [2.45, 2.75) is 6.54 Å². The van der Waals surface area contributed by atoms with Crippen molar-refractivity contribution >= 4 is 29.9 Å². The molecule has 0 atom stereocenters. The number of aliphatic imine (C=N–C) groups is 1. The molecule has 2 rings (SSSR count). The normalized spacial score (nSPS) is 10.5. The first-order valence-corrected chi connectivity index (χ1v) is 8.10. The molecule has 2 aromatic rings. The van der Waals surface area contributed by atoms with E-state index in [2.05, 4.69) is 15.6 Å². The average molecular weight is 471 g/mol. The highest BCUT2D eigenvalue weighted by Crippen LogP contribution is 2.24. The van der Waals surface area contributed by atoms with Gasteiger partial charge in [0.05, 0.1) is 20.8 Å². The molecule has 0 aliphatic rings. The van der Waals surface area contributed by atoms with E-state index in [0.29, 0.717) is 25.7 Å². The topological polar surface area (TPSA) is 64.1 Å². The first kappa shape index (κ1) is 21.9. The molecule has 7 heteroatoms. The standard InChI is InChI=1S/C19H25N3O3.HI/c1-20-19(21-11-12-25-16-7-5-4-6-8-16)22-14-15-9-10-17(23-2)13-18(15)24-3;/h4-10,13H,11-12,14H2,1-3H3,(H2,20,21,22);1H. The molecule has 0 heterocycles. The van der Waals surface area contributed by atoms with Gasteiger partial charge in [0.25, 0.3) is 0 Å². The fraction of sp³-hybridized carbons (Fsp3) is 0.316. The Kier molecular flexibility index (Phi) is 10.3. The fourth-order valence-corrected chi connectivity index (χ4v) is 2.25. The Morgan fingerprint density at radius 1 is 0.962 bits per heavy atom. The SMILES string of the molecule is CN=C(NCCOc1ccccc1)NCc1ccc(OC)cc1OC.I. The number of ether oxygens (including phenoxy) is 3. The molecule has 6 nitrogen and oxygen atoms in total. The number of guanidine groups is 1. The molecule has 0 aliphatic heterocycles. The second-order valence-corrected chi connectivity index (χ2v) is 5.19. The lowest BCUT2D eigenvalue weighted by Crippen LogP contribution is -2.38. The highest BCUT2D eigenvalue weighted by molar-refractivity contribution is 14.0. The Bertz CT molecular complexity index is 681. The Labute approximate surface area is 172 Å². The van der Waals surface area contributed by atoms with Gasteiger partial charge in [0.1, 0.15) is 23.9 Å². The van der Waals surface area contributed by atoms with Crippen molar-refractivity contribution in [1.82, 2.24) is 10.6 Å². The molecule has 0 aliphatic carbocycles. The molecule has 0 saturated heterocycles. The van der Waals surface area contributed by atoms with Crippen LogP contribution in [-0.2, 0) is 6.54 Å². The van der Waals surface area contributed by atoms with E-state index in [-0.39, 0.29) is 24.0 Å². The van der Waals surface area contributed by atoms with Gasteiger partial charge in [0.15, 0.2) is 5.96 Å². The van der Waals surface area contributed by atoms with E-state index in [1.807, 2.05) is 48.5 Å². The summed E-state index contributed by atoms with van der Waals surface area (Å²) in [5.41, 5.74) is 1.02. The molecule has 0 amide bonds. The van der Waals surface area contributed by atoms with Crippen molar-refractivity contribution in [3.05, 3.63) is 54.1 Å². The van der Waals surface area contributed by atoms with Gasteiger partial charge in [-0.1, -0.05) is 18.2 Å². The lowest BCUT2D eigenvalue weighted by Gasteiger charge is -2.14. The Morgan fingerprint density at radius 2 is 1.73 bits per heavy atom. The van der Waals surface area contributed by atoms with E-state index in [9.17, 15) is 0 Å². The predicted molar refractivity (Wildman–Crippen MR) is 115 cm³/mol. The number of para-hydroxylation sites is 1. The van der Waals surface area contributed by atoms with Crippen LogP contribution >= 0.6 is 24.0 Å². The van der Waals surface area contributed by atoms with Crippen molar-refractivity contribution in [3.8, 4) is 17.2 Å². The summed E-state index contributed by atoms with van der Waals surface area (Å²) >= 11 is 0. The highest BCUT2D eigenvalue weighted by Gasteiger charge is 2.06. The molecule has 0 aromatic heterocycles. The summed E-state index contributed by atoms with van der Waals surface area (Å²) in [5, 5.41) is 6.48. The van der Waals surface area contributed by atoms with Crippen LogP contribution in [0.25, 0.3) is 0 Å². The predicted octanol–water partition coefficient (Wildman–Crippen LogP) is 3.07. The summed E-state index contributed by atoms with van der Waals surface area (Å²) in [5.74, 6) is 3.10. The van der Waals surface area contributed by atoms with E-state index in [1.165, 1.54) is 0 Å². The Morgan fingerprint density at radius 3 is 2.38 bits per heavy atom. The first-order chi connectivity index (χ1) is 12.3. The van der Waals surface area contributed by atoms with E-state index in [4.69, 9.17) is 14.2 Å². The minimum Gasteiger partial charge on any atom is -0.497 e. The van der Waals surface area contributed by atoms with E-state index < -0.39 is 0 Å². The third kappa shape index (κ3) is 6.99. The smallest absolute Gasteiger partial charge is 0.191 e. The van der Waals surface area contributed by atoms with Crippen molar-refractivity contribution in [1.29, 1.82) is 0 Å². The second kappa shape index (κ2) is 12.2. The van der Waals surface area contributed by atoms with Gasteiger partial charge in [0, 0.05) is 25.2 Å². The van der Waals surface area contributed by atoms with Crippen LogP contribution in [0.5, 0.6) is 17.2 Å². The minimum atomic E-state index is 0. The zero-order valence-electron chi connectivity index (χ0n) is 15.3. The molecular weight excluding hydrogens is 445 g/mol. The van der Waals surface area contributed by atoms with E-state index in [0.717, 1.165) is 22.8 Å². The molecule has 0 saturated carbocycles. The van der Waals surface area contributed by atoms with Crippen LogP contribution in [0.3, 0.4) is 0 Å². The molecule has 0 spiro atoms. The van der Waals surface area contributed by atoms with Gasteiger partial charge < -0.3 is 24.8 Å². The highest BCUT2D eigenvalue weighted by atomic mass is 127. The Balaban J connectivity index is 0.00000338. The van der Waals surface area contributed by atoms with Gasteiger partial charge in [-0.25, -0.2) is 0 Å². The molecule has 0 bridgehead atoms. The number of rotatable bonds is 8. The third-order valence-corrected chi connectivity index (χ3v) is 3.57. The van der Waals surface area contributed by atoms with Gasteiger partial charge in [-0.3, -0.25) is 4.99 Å². The first-order valence-electron chi connectivity index (χ1n) is 8.10. The molecule has 0 fully saturated rings. The minimum absolute atomic E-state index is 0. The molecule has 0 unspecified atom stereocenters. The summed E-state index contributed by atoms with van der Waals surface area (Å²) in [7, 11) is 5.01. The monoisotopic (exact) mass is 471 g/mol. The summed E-state index contributed by atoms with van der Waals surface area (Å²) < 4.78 is 16.3. The molecule has 0 radical (unpaired) electrons. The fourth-order valence-electron chi connectivity index (χ4n) is 2.25. The zero-order chi connectivity index (χ0) is 17.9. The van der Waals surface area contributed by atoms with Gasteiger partial charge in [-0.2, -0.15) is 0 Å².